The maximum atomic E-state index is 12.4. The Kier molecular flexibility index (Phi) is 2.87. The van der Waals surface area contributed by atoms with Gasteiger partial charge < -0.3 is 4.98 Å². The minimum absolute atomic E-state index is 0.0560. The number of fused-ring (bicyclic) bond motifs is 1. The molecule has 3 aromatic rings. The molecule has 0 bridgehead atoms. The van der Waals surface area contributed by atoms with E-state index in [-0.39, 0.29) is 16.8 Å². The quantitative estimate of drug-likeness (QED) is 0.570. The molecule has 0 aliphatic rings. The van der Waals surface area contributed by atoms with E-state index in [4.69, 9.17) is 0 Å². The first-order valence-electron chi connectivity index (χ1n) is 6.07. The van der Waals surface area contributed by atoms with Gasteiger partial charge in [0.05, 0.1) is 15.8 Å². The van der Waals surface area contributed by atoms with Crippen LogP contribution in [0.15, 0.2) is 58.1 Å². The van der Waals surface area contributed by atoms with Crippen LogP contribution in [0.3, 0.4) is 0 Å². The van der Waals surface area contributed by atoms with Crippen LogP contribution in [0.4, 0.5) is 5.69 Å². The van der Waals surface area contributed by atoms with Crippen molar-refractivity contribution in [3.63, 3.8) is 0 Å². The Morgan fingerprint density at radius 2 is 1.67 bits per heavy atom. The van der Waals surface area contributed by atoms with E-state index in [1.165, 1.54) is 24.3 Å². The molecule has 0 unspecified atom stereocenters. The van der Waals surface area contributed by atoms with Gasteiger partial charge in [-0.1, -0.05) is 24.3 Å². The number of benzene rings is 2. The van der Waals surface area contributed by atoms with Gasteiger partial charge in [-0.2, -0.15) is 0 Å². The standard InChI is InChI=1S/C14H9N3O4/c18-13-9-5-1-2-6-10(9)15-14(19)16(13)11-7-3-4-8-12(11)17(20)21/h1-8H,(H,15,19). The molecule has 0 amide bonds. The molecular formula is C14H9N3O4. The van der Waals surface area contributed by atoms with Gasteiger partial charge in [0.25, 0.3) is 11.2 Å². The zero-order valence-corrected chi connectivity index (χ0v) is 10.6. The zero-order valence-electron chi connectivity index (χ0n) is 10.6. The Morgan fingerprint density at radius 1 is 1.00 bits per heavy atom. The SMILES string of the molecule is O=c1[nH]c2ccccc2c(=O)n1-c1ccccc1[N+](=O)[O-]. The molecule has 0 saturated carbocycles. The third kappa shape index (κ3) is 2.00. The van der Waals surface area contributed by atoms with Crippen LogP contribution >= 0.6 is 0 Å². The number of rotatable bonds is 2. The average molecular weight is 283 g/mol. The first kappa shape index (κ1) is 12.8. The molecule has 0 fully saturated rings. The van der Waals surface area contributed by atoms with Gasteiger partial charge in [-0.3, -0.25) is 14.9 Å². The number of nitrogens with one attached hydrogen (secondary N) is 1. The fourth-order valence-electron chi connectivity index (χ4n) is 2.19. The number of aromatic amines is 1. The van der Waals surface area contributed by atoms with Crippen LogP contribution in [0.1, 0.15) is 0 Å². The number of hydrogen-bond acceptors (Lipinski definition) is 4. The number of H-pyrrole nitrogens is 1. The minimum Gasteiger partial charge on any atom is -0.306 e. The van der Waals surface area contributed by atoms with Crippen molar-refractivity contribution in [3.05, 3.63) is 79.5 Å². The lowest BCUT2D eigenvalue weighted by Crippen LogP contribution is -2.33. The van der Waals surface area contributed by atoms with Gasteiger partial charge in [-0.25, -0.2) is 9.36 Å². The van der Waals surface area contributed by atoms with Crippen LogP contribution in [-0.4, -0.2) is 14.5 Å². The third-order valence-corrected chi connectivity index (χ3v) is 3.12. The highest BCUT2D eigenvalue weighted by Gasteiger charge is 2.18. The average Bonchev–Trinajstić information content (AvgIpc) is 2.47. The van der Waals surface area contributed by atoms with Crippen LogP contribution in [0.2, 0.25) is 0 Å². The summed E-state index contributed by atoms with van der Waals surface area (Å²) in [6.07, 6.45) is 0. The van der Waals surface area contributed by atoms with E-state index in [9.17, 15) is 19.7 Å². The summed E-state index contributed by atoms with van der Waals surface area (Å²) in [5, 5.41) is 11.3. The number of nitrogens with zero attached hydrogens (tertiary/aromatic N) is 2. The molecule has 7 heteroatoms. The maximum Gasteiger partial charge on any atom is 0.333 e. The van der Waals surface area contributed by atoms with Gasteiger partial charge in [0.15, 0.2) is 0 Å². The Hall–Kier alpha value is -3.22. The summed E-state index contributed by atoms with van der Waals surface area (Å²) in [5.41, 5.74) is -1.28. The van der Waals surface area contributed by atoms with Gasteiger partial charge in [-0.05, 0) is 18.2 Å². The normalized spacial score (nSPS) is 10.7. The molecule has 0 saturated heterocycles. The molecule has 1 N–H and O–H groups in total. The molecule has 1 aromatic heterocycles. The highest BCUT2D eigenvalue weighted by Crippen LogP contribution is 2.19. The van der Waals surface area contributed by atoms with Crippen molar-refractivity contribution in [2.24, 2.45) is 0 Å². The van der Waals surface area contributed by atoms with E-state index >= 15 is 0 Å². The van der Waals surface area contributed by atoms with Crippen LogP contribution in [-0.2, 0) is 0 Å². The summed E-state index contributed by atoms with van der Waals surface area (Å²) in [6.45, 7) is 0. The molecule has 21 heavy (non-hydrogen) atoms. The molecule has 0 radical (unpaired) electrons. The van der Waals surface area contributed by atoms with E-state index in [0.29, 0.717) is 5.52 Å². The molecular weight excluding hydrogens is 274 g/mol. The lowest BCUT2D eigenvalue weighted by molar-refractivity contribution is -0.384. The summed E-state index contributed by atoms with van der Waals surface area (Å²) in [4.78, 5) is 37.5. The summed E-state index contributed by atoms with van der Waals surface area (Å²) in [7, 11) is 0. The van der Waals surface area contributed by atoms with E-state index in [2.05, 4.69) is 4.98 Å². The molecule has 7 nitrogen and oxygen atoms in total. The highest BCUT2D eigenvalue weighted by atomic mass is 16.6. The number of para-hydroxylation sites is 3. The monoisotopic (exact) mass is 283 g/mol. The lowest BCUT2D eigenvalue weighted by atomic mass is 10.2. The number of nitro groups is 1. The Morgan fingerprint density at radius 3 is 2.43 bits per heavy atom. The second kappa shape index (κ2) is 4.71. The van der Waals surface area contributed by atoms with Crippen molar-refractivity contribution in [3.8, 4) is 5.69 Å². The maximum absolute atomic E-state index is 12.4. The topological polar surface area (TPSA) is 98.0 Å². The molecule has 2 aromatic carbocycles. The summed E-state index contributed by atoms with van der Waals surface area (Å²) in [6, 6.07) is 12.1. The second-order valence-corrected chi connectivity index (χ2v) is 4.36. The van der Waals surface area contributed by atoms with Crippen molar-refractivity contribution >= 4 is 16.6 Å². The molecule has 3 rings (SSSR count). The van der Waals surface area contributed by atoms with Crippen molar-refractivity contribution in [1.82, 2.24) is 9.55 Å². The summed E-state index contributed by atoms with van der Waals surface area (Å²) in [5.74, 6) is 0. The largest absolute Gasteiger partial charge is 0.333 e. The highest BCUT2D eigenvalue weighted by molar-refractivity contribution is 5.77. The fourth-order valence-corrected chi connectivity index (χ4v) is 2.19. The smallest absolute Gasteiger partial charge is 0.306 e. The molecule has 0 spiro atoms. The van der Waals surface area contributed by atoms with Gasteiger partial charge >= 0.3 is 5.69 Å². The van der Waals surface area contributed by atoms with Crippen LogP contribution in [0, 0.1) is 10.1 Å². The Bertz CT molecular complexity index is 972. The van der Waals surface area contributed by atoms with Crippen molar-refractivity contribution in [2.45, 2.75) is 0 Å². The Balaban J connectivity index is 2.45. The van der Waals surface area contributed by atoms with Gasteiger partial charge in [-0.15, -0.1) is 0 Å². The predicted molar refractivity (Wildman–Crippen MR) is 76.8 cm³/mol. The molecule has 0 atom stereocenters. The van der Waals surface area contributed by atoms with Crippen LogP contribution in [0.25, 0.3) is 16.6 Å². The zero-order chi connectivity index (χ0) is 15.0. The Labute approximate surface area is 117 Å². The van der Waals surface area contributed by atoms with E-state index < -0.39 is 16.2 Å². The number of aromatic nitrogens is 2. The van der Waals surface area contributed by atoms with Crippen molar-refractivity contribution in [1.29, 1.82) is 0 Å². The van der Waals surface area contributed by atoms with E-state index in [1.54, 1.807) is 24.3 Å². The summed E-state index contributed by atoms with van der Waals surface area (Å²) >= 11 is 0. The molecule has 1 heterocycles. The van der Waals surface area contributed by atoms with Gasteiger partial charge in [0.2, 0.25) is 0 Å². The first-order valence-corrected chi connectivity index (χ1v) is 6.07. The molecule has 0 aliphatic carbocycles. The van der Waals surface area contributed by atoms with Crippen LogP contribution < -0.4 is 11.2 Å². The number of hydrogen-bond donors (Lipinski definition) is 1. The number of nitro benzene ring substituents is 1. The molecule has 0 aliphatic heterocycles. The third-order valence-electron chi connectivity index (χ3n) is 3.12. The first-order chi connectivity index (χ1) is 10.1. The fraction of sp³-hybridized carbons (Fsp3) is 0. The van der Waals surface area contributed by atoms with Crippen molar-refractivity contribution in [2.75, 3.05) is 0 Å². The lowest BCUT2D eigenvalue weighted by Gasteiger charge is -2.06. The van der Waals surface area contributed by atoms with Crippen molar-refractivity contribution < 1.29 is 4.92 Å². The van der Waals surface area contributed by atoms with E-state index in [1.807, 2.05) is 0 Å². The van der Waals surface area contributed by atoms with Gasteiger partial charge in [0.1, 0.15) is 5.69 Å². The molecule has 104 valence electrons. The van der Waals surface area contributed by atoms with Crippen LogP contribution in [0.5, 0.6) is 0 Å². The second-order valence-electron chi connectivity index (χ2n) is 4.36. The predicted octanol–water partition coefficient (Wildman–Crippen LogP) is 1.59. The van der Waals surface area contributed by atoms with Gasteiger partial charge in [0, 0.05) is 6.07 Å². The summed E-state index contributed by atoms with van der Waals surface area (Å²) < 4.78 is 0.778. The minimum atomic E-state index is -0.715. The van der Waals surface area contributed by atoms with E-state index in [0.717, 1.165) is 4.57 Å².